The molecule has 3 N–H and O–H groups in total. The summed E-state index contributed by atoms with van der Waals surface area (Å²) >= 11 is 0. The highest BCUT2D eigenvalue weighted by Crippen LogP contribution is 2.42. The fraction of sp³-hybridized carbons (Fsp3) is 0.526. The lowest BCUT2D eigenvalue weighted by molar-refractivity contribution is 0.167. The monoisotopic (exact) mass is 466 g/mol. The van der Waals surface area contributed by atoms with Gasteiger partial charge in [0.15, 0.2) is 11.5 Å². The second kappa shape index (κ2) is 8.56. The maximum Gasteiger partial charge on any atom is 0.419 e. The molecule has 0 radical (unpaired) electrons. The highest BCUT2D eigenvalue weighted by Gasteiger charge is 2.49. The van der Waals surface area contributed by atoms with Crippen molar-refractivity contribution < 1.29 is 27.8 Å². The number of nitrogens with one attached hydrogen (secondary N) is 2. The molecule has 2 heterocycles. The van der Waals surface area contributed by atoms with E-state index in [2.05, 4.69) is 24.5 Å². The summed E-state index contributed by atoms with van der Waals surface area (Å²) in [6.07, 6.45) is 1.64. The molecule has 0 bridgehead atoms. The van der Waals surface area contributed by atoms with Crippen LogP contribution in [-0.2, 0) is 10.2 Å². The van der Waals surface area contributed by atoms with Crippen molar-refractivity contribution >= 4 is 33.0 Å². The number of rotatable bonds is 8. The predicted octanol–water partition coefficient (Wildman–Crippen LogP) is 0.404. The van der Waals surface area contributed by atoms with Gasteiger partial charge in [-0.05, 0) is 18.9 Å². The second-order valence-electron chi connectivity index (χ2n) is 7.85. The number of methoxy groups -OCH3 is 2. The van der Waals surface area contributed by atoms with Crippen molar-refractivity contribution in [2.24, 2.45) is 0 Å². The Morgan fingerprint density at radius 1 is 1.12 bits per heavy atom. The average molecular weight is 467 g/mol. The number of piperazine rings is 1. The van der Waals surface area contributed by atoms with Crippen LogP contribution in [-0.4, -0.2) is 87.0 Å². The van der Waals surface area contributed by atoms with E-state index in [-0.39, 0.29) is 12.1 Å². The Balaban J connectivity index is 1.45. The van der Waals surface area contributed by atoms with Crippen molar-refractivity contribution in [3.8, 4) is 11.5 Å². The lowest BCUT2D eigenvalue weighted by Crippen LogP contribution is -2.55. The van der Waals surface area contributed by atoms with Gasteiger partial charge < -0.3 is 19.5 Å². The summed E-state index contributed by atoms with van der Waals surface area (Å²) in [6.45, 7) is 3.05. The van der Waals surface area contributed by atoms with Crippen molar-refractivity contribution in [3.63, 3.8) is 0 Å². The van der Waals surface area contributed by atoms with Crippen molar-refractivity contribution in [3.05, 3.63) is 18.5 Å². The number of carbonyl (C=O) groups is 1. The maximum atomic E-state index is 11.8. The molecule has 13 heteroatoms. The Hall–Kier alpha value is -2.90. The zero-order chi connectivity index (χ0) is 22.9. The topological polar surface area (TPSA) is 146 Å². The molecule has 1 aromatic heterocycles. The van der Waals surface area contributed by atoms with E-state index in [0.29, 0.717) is 24.6 Å². The van der Waals surface area contributed by atoms with Crippen LogP contribution in [0.25, 0.3) is 10.9 Å². The van der Waals surface area contributed by atoms with Crippen LogP contribution < -0.4 is 23.8 Å². The number of hydrogen-bond acceptors (Lipinski definition) is 9. The van der Waals surface area contributed by atoms with Crippen molar-refractivity contribution in [1.82, 2.24) is 24.3 Å². The first-order chi connectivity index (χ1) is 15.3. The normalized spacial score (nSPS) is 18.4. The highest BCUT2D eigenvalue weighted by molar-refractivity contribution is 7.88. The van der Waals surface area contributed by atoms with Gasteiger partial charge in [-0.1, -0.05) is 0 Å². The van der Waals surface area contributed by atoms with Gasteiger partial charge in [0.1, 0.15) is 12.1 Å². The Labute approximate surface area is 185 Å². The van der Waals surface area contributed by atoms with Crippen molar-refractivity contribution in [2.45, 2.75) is 18.4 Å². The number of ether oxygens (including phenoxy) is 2. The van der Waals surface area contributed by atoms with Gasteiger partial charge in [-0.3, -0.25) is 4.90 Å². The molecule has 0 unspecified atom stereocenters. The molecule has 12 nitrogen and oxygen atoms in total. The van der Waals surface area contributed by atoms with E-state index in [1.54, 1.807) is 14.2 Å². The summed E-state index contributed by atoms with van der Waals surface area (Å²) < 4.78 is 38.2. The second-order valence-corrected chi connectivity index (χ2v) is 9.35. The zero-order valence-corrected chi connectivity index (χ0v) is 18.7. The molecule has 2 aliphatic rings. The zero-order valence-electron chi connectivity index (χ0n) is 17.9. The number of anilines is 1. The number of fused-ring (bicyclic) bond motifs is 1. The molecule has 2 fully saturated rings. The molecule has 4 rings (SSSR count). The average Bonchev–Trinajstić information content (AvgIpc) is 3.57. The van der Waals surface area contributed by atoms with Gasteiger partial charge in [-0.2, -0.15) is 13.1 Å². The van der Waals surface area contributed by atoms with Gasteiger partial charge in [0.05, 0.1) is 19.7 Å². The smallest absolute Gasteiger partial charge is 0.419 e. The van der Waals surface area contributed by atoms with E-state index in [9.17, 15) is 13.2 Å². The lowest BCUT2D eigenvalue weighted by Gasteiger charge is -2.40. The highest BCUT2D eigenvalue weighted by atomic mass is 32.2. The lowest BCUT2D eigenvalue weighted by atomic mass is 10.1. The van der Waals surface area contributed by atoms with Crippen molar-refractivity contribution in [1.29, 1.82) is 0 Å². The van der Waals surface area contributed by atoms with Gasteiger partial charge in [-0.15, -0.1) is 0 Å². The first-order valence-corrected chi connectivity index (χ1v) is 11.6. The molecule has 1 amide bonds. The molecule has 1 aliphatic carbocycles. The molecule has 1 saturated carbocycles. The van der Waals surface area contributed by atoms with Crippen LogP contribution in [0.15, 0.2) is 18.5 Å². The van der Waals surface area contributed by atoms with Crippen LogP contribution in [0.5, 0.6) is 11.5 Å². The Morgan fingerprint density at radius 2 is 1.78 bits per heavy atom. The molecule has 0 atom stereocenters. The summed E-state index contributed by atoms with van der Waals surface area (Å²) in [7, 11) is -0.914. The van der Waals surface area contributed by atoms with Crippen LogP contribution in [0.3, 0.4) is 0 Å². The van der Waals surface area contributed by atoms with E-state index in [0.717, 1.165) is 42.7 Å². The van der Waals surface area contributed by atoms with Gasteiger partial charge in [-0.25, -0.2) is 19.5 Å². The van der Waals surface area contributed by atoms with E-state index in [4.69, 9.17) is 14.6 Å². The van der Waals surface area contributed by atoms with Crippen LogP contribution in [0.4, 0.5) is 10.6 Å². The van der Waals surface area contributed by atoms with E-state index < -0.39 is 16.3 Å². The number of nitrogens with zero attached hydrogens (tertiary/aromatic N) is 4. The van der Waals surface area contributed by atoms with Crippen LogP contribution in [0, 0.1) is 0 Å². The minimum Gasteiger partial charge on any atom is -0.493 e. The molecular formula is C19H26N6O6S. The molecule has 1 aromatic carbocycles. The third-order valence-electron chi connectivity index (χ3n) is 6.01. The first-order valence-electron chi connectivity index (χ1n) is 10.1. The van der Waals surface area contributed by atoms with E-state index in [1.165, 1.54) is 11.0 Å². The quantitative estimate of drug-likeness (QED) is 0.500. The molecule has 0 spiro atoms. The fourth-order valence-corrected chi connectivity index (χ4v) is 4.90. The molecular weight excluding hydrogens is 440 g/mol. The van der Waals surface area contributed by atoms with E-state index in [1.807, 2.05) is 12.1 Å². The Kier molecular flexibility index (Phi) is 5.97. The third kappa shape index (κ3) is 4.49. The first kappa shape index (κ1) is 22.3. The van der Waals surface area contributed by atoms with Crippen LogP contribution >= 0.6 is 0 Å². The van der Waals surface area contributed by atoms with Crippen molar-refractivity contribution in [2.75, 3.05) is 51.8 Å². The summed E-state index contributed by atoms with van der Waals surface area (Å²) in [5.41, 5.74) is 0.484. The fourth-order valence-electron chi connectivity index (χ4n) is 4.14. The molecule has 1 aliphatic heterocycles. The summed E-state index contributed by atoms with van der Waals surface area (Å²) in [5, 5.41) is 9.51. The molecule has 32 heavy (non-hydrogen) atoms. The number of hydrogen-bond donors (Lipinski definition) is 3. The number of aromatic nitrogens is 2. The number of benzene rings is 1. The Bertz CT molecular complexity index is 1110. The van der Waals surface area contributed by atoms with Gasteiger partial charge in [0, 0.05) is 49.7 Å². The predicted molar refractivity (Wildman–Crippen MR) is 116 cm³/mol. The Morgan fingerprint density at radius 3 is 2.38 bits per heavy atom. The van der Waals surface area contributed by atoms with Crippen LogP contribution in [0.1, 0.15) is 12.8 Å². The summed E-state index contributed by atoms with van der Waals surface area (Å²) in [4.78, 5) is 23.9. The molecule has 2 aromatic rings. The standard InChI is InChI=1S/C19H26N6O6S/c1-30-15-9-13-14(10-16(15)31-2)20-12-21-17(13)24-5-7-25(8-6-24)19(3-4-19)11-22-32(28,29)23-18(26)27/h9-10,12,22-23H,3-8,11H2,1-2H3,(H,26,27). The largest absolute Gasteiger partial charge is 0.493 e. The molecule has 174 valence electrons. The van der Waals surface area contributed by atoms with Gasteiger partial charge in [0.25, 0.3) is 0 Å². The summed E-state index contributed by atoms with van der Waals surface area (Å²) in [6, 6.07) is 3.70. The number of carboxylic acid groups (broad SMARTS) is 1. The maximum absolute atomic E-state index is 11.8. The minimum atomic E-state index is -4.08. The summed E-state index contributed by atoms with van der Waals surface area (Å²) in [5.74, 6) is 2.02. The minimum absolute atomic E-state index is 0.170. The van der Waals surface area contributed by atoms with E-state index >= 15 is 0 Å². The molecule has 1 saturated heterocycles. The van der Waals surface area contributed by atoms with Gasteiger partial charge in [0.2, 0.25) is 0 Å². The van der Waals surface area contributed by atoms with Gasteiger partial charge >= 0.3 is 16.3 Å². The van der Waals surface area contributed by atoms with Crippen LogP contribution in [0.2, 0.25) is 0 Å². The third-order valence-corrected chi connectivity index (χ3v) is 6.98. The number of amides is 1. The SMILES string of the molecule is COc1cc2ncnc(N3CCN(C4(CNS(=O)(=O)NC(=O)O)CC4)CC3)c2cc1OC.